The first-order chi connectivity index (χ1) is 8.67. The lowest BCUT2D eigenvalue weighted by molar-refractivity contribution is -0.127. The van der Waals surface area contributed by atoms with Gasteiger partial charge in [0.15, 0.2) is 0 Å². The van der Waals surface area contributed by atoms with Crippen LogP contribution in [0.3, 0.4) is 0 Å². The van der Waals surface area contributed by atoms with Crippen LogP contribution < -0.4 is 10.6 Å². The SMILES string of the molecule is CCN(C(=O)C1(N)CCOCC1)c1ccccc1. The van der Waals surface area contributed by atoms with Gasteiger partial charge >= 0.3 is 0 Å². The zero-order chi connectivity index (χ0) is 13.0. The number of anilines is 1. The summed E-state index contributed by atoms with van der Waals surface area (Å²) in [6.45, 7) is 3.72. The monoisotopic (exact) mass is 248 g/mol. The lowest BCUT2D eigenvalue weighted by Gasteiger charge is -2.36. The van der Waals surface area contributed by atoms with Gasteiger partial charge in [-0.05, 0) is 31.9 Å². The van der Waals surface area contributed by atoms with Gasteiger partial charge in [0, 0.05) is 25.4 Å². The van der Waals surface area contributed by atoms with E-state index in [0.29, 0.717) is 32.6 Å². The summed E-state index contributed by atoms with van der Waals surface area (Å²) in [5.74, 6) is -0.000463. The van der Waals surface area contributed by atoms with Gasteiger partial charge in [-0.2, -0.15) is 0 Å². The Balaban J connectivity index is 2.20. The number of hydrogen-bond donors (Lipinski definition) is 1. The fourth-order valence-corrected chi connectivity index (χ4v) is 2.27. The van der Waals surface area contributed by atoms with Gasteiger partial charge in [-0.15, -0.1) is 0 Å². The zero-order valence-electron chi connectivity index (χ0n) is 10.8. The lowest BCUT2D eigenvalue weighted by Crippen LogP contribution is -2.58. The van der Waals surface area contributed by atoms with Crippen molar-refractivity contribution in [3.8, 4) is 0 Å². The number of carbonyl (C=O) groups is 1. The molecule has 0 aromatic heterocycles. The minimum Gasteiger partial charge on any atom is -0.381 e. The maximum absolute atomic E-state index is 12.6. The van der Waals surface area contributed by atoms with Gasteiger partial charge in [-0.3, -0.25) is 4.79 Å². The fraction of sp³-hybridized carbons (Fsp3) is 0.500. The van der Waals surface area contributed by atoms with E-state index in [2.05, 4.69) is 0 Å². The van der Waals surface area contributed by atoms with Gasteiger partial charge in [0.1, 0.15) is 5.54 Å². The highest BCUT2D eigenvalue weighted by Gasteiger charge is 2.38. The standard InChI is InChI=1S/C14H20N2O2/c1-2-16(12-6-4-3-5-7-12)13(17)14(15)8-10-18-11-9-14/h3-7H,2,8-11,15H2,1H3. The Bertz CT molecular complexity index is 400. The molecule has 0 radical (unpaired) electrons. The highest BCUT2D eigenvalue weighted by atomic mass is 16.5. The van der Waals surface area contributed by atoms with Crippen molar-refractivity contribution in [1.29, 1.82) is 0 Å². The predicted octanol–water partition coefficient (Wildman–Crippen LogP) is 1.55. The normalized spacial score (nSPS) is 18.3. The molecule has 18 heavy (non-hydrogen) atoms. The number of amides is 1. The van der Waals surface area contributed by atoms with Crippen LogP contribution in [0, 0.1) is 0 Å². The molecule has 1 aliphatic heterocycles. The van der Waals surface area contributed by atoms with Crippen LogP contribution in [-0.4, -0.2) is 31.2 Å². The summed E-state index contributed by atoms with van der Waals surface area (Å²) in [5.41, 5.74) is 6.38. The summed E-state index contributed by atoms with van der Waals surface area (Å²) < 4.78 is 5.28. The third-order valence-electron chi connectivity index (χ3n) is 3.44. The average Bonchev–Trinajstić information content (AvgIpc) is 2.41. The largest absolute Gasteiger partial charge is 0.381 e. The smallest absolute Gasteiger partial charge is 0.247 e. The highest BCUT2D eigenvalue weighted by Crippen LogP contribution is 2.24. The summed E-state index contributed by atoms with van der Waals surface area (Å²) in [6, 6.07) is 9.67. The lowest BCUT2D eigenvalue weighted by atomic mass is 9.89. The number of nitrogens with two attached hydrogens (primary N) is 1. The van der Waals surface area contributed by atoms with Crippen molar-refractivity contribution in [2.75, 3.05) is 24.7 Å². The molecule has 4 heteroatoms. The van der Waals surface area contributed by atoms with Crippen molar-refractivity contribution in [3.63, 3.8) is 0 Å². The number of likely N-dealkylation sites (N-methyl/N-ethyl adjacent to an activating group) is 1. The maximum atomic E-state index is 12.6. The molecule has 1 fully saturated rings. The first kappa shape index (κ1) is 13.1. The van der Waals surface area contributed by atoms with Crippen molar-refractivity contribution in [1.82, 2.24) is 0 Å². The van der Waals surface area contributed by atoms with E-state index in [4.69, 9.17) is 10.5 Å². The molecule has 0 spiro atoms. The van der Waals surface area contributed by atoms with Crippen LogP contribution in [0.2, 0.25) is 0 Å². The van der Waals surface area contributed by atoms with E-state index in [1.165, 1.54) is 0 Å². The van der Waals surface area contributed by atoms with E-state index in [0.717, 1.165) is 5.69 Å². The molecule has 1 saturated heterocycles. The minimum atomic E-state index is -0.774. The highest BCUT2D eigenvalue weighted by molar-refractivity contribution is 6.00. The zero-order valence-corrected chi connectivity index (χ0v) is 10.8. The molecule has 1 aliphatic rings. The van der Waals surface area contributed by atoms with Crippen LogP contribution in [-0.2, 0) is 9.53 Å². The number of benzene rings is 1. The predicted molar refractivity (Wildman–Crippen MR) is 71.4 cm³/mol. The molecule has 4 nitrogen and oxygen atoms in total. The second-order valence-corrected chi connectivity index (χ2v) is 4.65. The van der Waals surface area contributed by atoms with Crippen molar-refractivity contribution >= 4 is 11.6 Å². The molecule has 0 saturated carbocycles. The number of rotatable bonds is 3. The molecular formula is C14H20N2O2. The molecule has 1 amide bonds. The van der Waals surface area contributed by atoms with Crippen molar-refractivity contribution in [2.45, 2.75) is 25.3 Å². The molecule has 2 N–H and O–H groups in total. The summed E-state index contributed by atoms with van der Waals surface area (Å²) in [5, 5.41) is 0. The van der Waals surface area contributed by atoms with E-state index in [9.17, 15) is 4.79 Å². The molecule has 98 valence electrons. The van der Waals surface area contributed by atoms with E-state index >= 15 is 0 Å². The summed E-state index contributed by atoms with van der Waals surface area (Å²) in [4.78, 5) is 14.4. The van der Waals surface area contributed by atoms with Gasteiger partial charge < -0.3 is 15.4 Å². The molecule has 2 rings (SSSR count). The number of hydrogen-bond acceptors (Lipinski definition) is 3. The number of para-hydroxylation sites is 1. The maximum Gasteiger partial charge on any atom is 0.247 e. The van der Waals surface area contributed by atoms with E-state index in [1.54, 1.807) is 4.90 Å². The molecule has 0 atom stereocenters. The Morgan fingerprint density at radius 3 is 2.50 bits per heavy atom. The molecule has 0 aliphatic carbocycles. The second kappa shape index (κ2) is 5.50. The third kappa shape index (κ3) is 2.54. The van der Waals surface area contributed by atoms with Gasteiger partial charge in [-0.1, -0.05) is 18.2 Å². The minimum absolute atomic E-state index is 0.000463. The van der Waals surface area contributed by atoms with Crippen LogP contribution in [0.5, 0.6) is 0 Å². The average molecular weight is 248 g/mol. The summed E-state index contributed by atoms with van der Waals surface area (Å²) >= 11 is 0. The Kier molecular flexibility index (Phi) is 3.99. The third-order valence-corrected chi connectivity index (χ3v) is 3.44. The summed E-state index contributed by atoms with van der Waals surface area (Å²) in [7, 11) is 0. The fourth-order valence-electron chi connectivity index (χ4n) is 2.27. The molecular weight excluding hydrogens is 228 g/mol. The van der Waals surface area contributed by atoms with Gasteiger partial charge in [0.05, 0.1) is 0 Å². The Hall–Kier alpha value is -1.39. The van der Waals surface area contributed by atoms with Crippen LogP contribution in [0.25, 0.3) is 0 Å². The molecule has 1 aromatic rings. The molecule has 0 bridgehead atoms. The van der Waals surface area contributed by atoms with E-state index in [1.807, 2.05) is 37.3 Å². The molecule has 1 heterocycles. The second-order valence-electron chi connectivity index (χ2n) is 4.65. The van der Waals surface area contributed by atoms with Crippen LogP contribution >= 0.6 is 0 Å². The Morgan fingerprint density at radius 1 is 1.33 bits per heavy atom. The van der Waals surface area contributed by atoms with Crippen LogP contribution in [0.15, 0.2) is 30.3 Å². The number of nitrogens with zero attached hydrogens (tertiary/aromatic N) is 1. The van der Waals surface area contributed by atoms with Crippen molar-refractivity contribution in [2.24, 2.45) is 5.73 Å². The van der Waals surface area contributed by atoms with Crippen LogP contribution in [0.1, 0.15) is 19.8 Å². The van der Waals surface area contributed by atoms with E-state index < -0.39 is 5.54 Å². The molecule has 1 aromatic carbocycles. The van der Waals surface area contributed by atoms with Crippen molar-refractivity contribution < 1.29 is 9.53 Å². The first-order valence-corrected chi connectivity index (χ1v) is 6.41. The Labute approximate surface area is 108 Å². The van der Waals surface area contributed by atoms with E-state index in [-0.39, 0.29) is 5.91 Å². The first-order valence-electron chi connectivity index (χ1n) is 6.41. The van der Waals surface area contributed by atoms with Gasteiger partial charge in [-0.25, -0.2) is 0 Å². The molecule has 0 unspecified atom stereocenters. The summed E-state index contributed by atoms with van der Waals surface area (Å²) in [6.07, 6.45) is 1.18. The quantitative estimate of drug-likeness (QED) is 0.883. The number of ether oxygens (including phenoxy) is 1. The topological polar surface area (TPSA) is 55.6 Å². The number of carbonyl (C=O) groups excluding carboxylic acids is 1. The van der Waals surface area contributed by atoms with Crippen molar-refractivity contribution in [3.05, 3.63) is 30.3 Å². The Morgan fingerprint density at radius 2 is 1.94 bits per heavy atom. The van der Waals surface area contributed by atoms with Gasteiger partial charge in [0.25, 0.3) is 0 Å². The van der Waals surface area contributed by atoms with Gasteiger partial charge in [0.2, 0.25) is 5.91 Å². The van der Waals surface area contributed by atoms with Crippen LogP contribution in [0.4, 0.5) is 5.69 Å².